The quantitative estimate of drug-likeness (QED) is 0.824. The van der Waals surface area contributed by atoms with Crippen LogP contribution in [0.15, 0.2) is 57.7 Å². The summed E-state index contributed by atoms with van der Waals surface area (Å²) in [6.07, 6.45) is 3.43. The van der Waals surface area contributed by atoms with Gasteiger partial charge in [-0.2, -0.15) is 0 Å². The first-order chi connectivity index (χ1) is 10.5. The van der Waals surface area contributed by atoms with E-state index in [-0.39, 0.29) is 0 Å². The van der Waals surface area contributed by atoms with Crippen molar-refractivity contribution in [1.82, 2.24) is 0 Å². The highest BCUT2D eigenvalue weighted by atomic mass is 32.3. The Bertz CT molecular complexity index is 776. The van der Waals surface area contributed by atoms with Crippen LogP contribution < -0.4 is 4.74 Å². The minimum atomic E-state index is -3.50. The lowest BCUT2D eigenvalue weighted by Gasteiger charge is -2.08. The number of sulfone groups is 1. The third kappa shape index (κ3) is 3.72. The number of ether oxygens (including phenoxy) is 1. The maximum Gasteiger partial charge on any atom is 0.212 e. The Morgan fingerprint density at radius 1 is 1.14 bits per heavy atom. The molecule has 0 fully saturated rings. The molecule has 3 nitrogen and oxygen atoms in total. The van der Waals surface area contributed by atoms with Crippen LogP contribution in [0.2, 0.25) is 0 Å². The zero-order valence-electron chi connectivity index (χ0n) is 12.7. The SMILES string of the molecule is COc1cccc(/C=C(\SC)S(=O)(=O)c2ccc(C)cc2)c1. The molecular weight excluding hydrogens is 316 g/mol. The average molecular weight is 334 g/mol. The molecule has 2 aromatic carbocycles. The average Bonchev–Trinajstić information content (AvgIpc) is 2.53. The molecule has 0 aromatic heterocycles. The van der Waals surface area contributed by atoms with Crippen molar-refractivity contribution in [2.75, 3.05) is 13.4 Å². The van der Waals surface area contributed by atoms with Gasteiger partial charge in [0.2, 0.25) is 9.84 Å². The lowest BCUT2D eigenvalue weighted by molar-refractivity contribution is 0.414. The number of aryl methyl sites for hydroxylation is 1. The number of hydrogen-bond acceptors (Lipinski definition) is 4. The van der Waals surface area contributed by atoms with Crippen LogP contribution in [0.4, 0.5) is 0 Å². The van der Waals surface area contributed by atoms with Gasteiger partial charge in [-0.1, -0.05) is 29.8 Å². The number of hydrogen-bond donors (Lipinski definition) is 0. The zero-order chi connectivity index (χ0) is 16.2. The molecule has 0 aliphatic rings. The molecule has 0 radical (unpaired) electrons. The molecule has 2 aromatic rings. The molecule has 0 heterocycles. The molecule has 0 saturated heterocycles. The van der Waals surface area contributed by atoms with E-state index in [2.05, 4.69) is 0 Å². The Balaban J connectivity index is 2.45. The maximum atomic E-state index is 12.7. The van der Waals surface area contributed by atoms with Gasteiger partial charge in [0.1, 0.15) is 9.99 Å². The molecule has 0 aliphatic heterocycles. The molecular formula is C17H18O3S2. The van der Waals surface area contributed by atoms with Gasteiger partial charge in [0.25, 0.3) is 0 Å². The predicted molar refractivity (Wildman–Crippen MR) is 92.9 cm³/mol. The number of benzene rings is 2. The van der Waals surface area contributed by atoms with Crippen LogP contribution in [0.3, 0.4) is 0 Å². The van der Waals surface area contributed by atoms with Crippen LogP contribution in [-0.4, -0.2) is 21.8 Å². The third-order valence-electron chi connectivity index (χ3n) is 3.18. The molecule has 0 aliphatic carbocycles. The smallest absolute Gasteiger partial charge is 0.212 e. The lowest BCUT2D eigenvalue weighted by Crippen LogP contribution is -2.02. The first kappa shape index (κ1) is 16.6. The van der Waals surface area contributed by atoms with Crippen molar-refractivity contribution in [3.8, 4) is 5.75 Å². The summed E-state index contributed by atoms with van der Waals surface area (Å²) in [5.74, 6) is 0.696. The highest BCUT2D eigenvalue weighted by Crippen LogP contribution is 2.29. The second-order valence-electron chi connectivity index (χ2n) is 4.76. The molecule has 0 saturated carbocycles. The van der Waals surface area contributed by atoms with Gasteiger partial charge in [-0.3, -0.25) is 0 Å². The topological polar surface area (TPSA) is 43.4 Å². The molecule has 0 bridgehead atoms. The first-order valence-electron chi connectivity index (χ1n) is 6.69. The van der Waals surface area contributed by atoms with Crippen LogP contribution in [0.5, 0.6) is 5.75 Å². The van der Waals surface area contributed by atoms with Crippen molar-refractivity contribution in [3.63, 3.8) is 0 Å². The largest absolute Gasteiger partial charge is 0.497 e. The Labute approximate surface area is 135 Å². The van der Waals surface area contributed by atoms with E-state index in [0.717, 1.165) is 11.1 Å². The van der Waals surface area contributed by atoms with Crippen LogP contribution in [0, 0.1) is 6.92 Å². The van der Waals surface area contributed by atoms with E-state index in [1.165, 1.54) is 11.8 Å². The summed E-state index contributed by atoms with van der Waals surface area (Å²) in [6.45, 7) is 1.93. The van der Waals surface area contributed by atoms with Gasteiger partial charge in [0.05, 0.1) is 12.0 Å². The van der Waals surface area contributed by atoms with Gasteiger partial charge >= 0.3 is 0 Å². The van der Waals surface area contributed by atoms with Gasteiger partial charge in [-0.05, 0) is 49.1 Å². The Morgan fingerprint density at radius 3 is 2.41 bits per heavy atom. The molecule has 0 spiro atoms. The monoisotopic (exact) mass is 334 g/mol. The van der Waals surface area contributed by atoms with Gasteiger partial charge in [-0.25, -0.2) is 8.42 Å². The van der Waals surface area contributed by atoms with Gasteiger partial charge < -0.3 is 4.74 Å². The molecule has 0 N–H and O–H groups in total. The standard InChI is InChI=1S/C17H18O3S2/c1-13-7-9-16(10-8-13)22(18,19)17(21-3)12-14-5-4-6-15(11-14)20-2/h4-12H,1-3H3/b17-12+. The van der Waals surface area contributed by atoms with E-state index in [0.29, 0.717) is 14.9 Å². The van der Waals surface area contributed by atoms with Gasteiger partial charge in [0.15, 0.2) is 0 Å². The first-order valence-corrected chi connectivity index (χ1v) is 9.39. The van der Waals surface area contributed by atoms with Gasteiger partial charge in [-0.15, -0.1) is 11.8 Å². The predicted octanol–water partition coefficient (Wildman–Crippen LogP) is 4.14. The van der Waals surface area contributed by atoms with E-state index in [1.807, 2.05) is 25.1 Å². The molecule has 5 heteroatoms. The molecule has 0 atom stereocenters. The van der Waals surface area contributed by atoms with Crippen molar-refractivity contribution < 1.29 is 13.2 Å². The summed E-state index contributed by atoms with van der Waals surface area (Å²) >= 11 is 1.22. The van der Waals surface area contributed by atoms with E-state index < -0.39 is 9.84 Å². The molecule has 0 amide bonds. The highest BCUT2D eigenvalue weighted by molar-refractivity contribution is 8.18. The van der Waals surface area contributed by atoms with Crippen molar-refractivity contribution in [2.45, 2.75) is 11.8 Å². The normalized spacial score (nSPS) is 12.2. The highest BCUT2D eigenvalue weighted by Gasteiger charge is 2.20. The second-order valence-corrected chi connectivity index (χ2v) is 7.79. The maximum absolute atomic E-state index is 12.7. The fraction of sp³-hybridized carbons (Fsp3) is 0.176. The minimum absolute atomic E-state index is 0.307. The summed E-state index contributed by atoms with van der Waals surface area (Å²) in [4.78, 5) is 0.307. The van der Waals surface area contributed by atoms with E-state index >= 15 is 0 Å². The van der Waals surface area contributed by atoms with E-state index in [4.69, 9.17) is 4.74 Å². The van der Waals surface area contributed by atoms with E-state index in [9.17, 15) is 8.42 Å². The van der Waals surface area contributed by atoms with Crippen LogP contribution in [0.1, 0.15) is 11.1 Å². The molecule has 0 unspecified atom stereocenters. The van der Waals surface area contributed by atoms with Crippen molar-refractivity contribution >= 4 is 27.7 Å². The third-order valence-corrected chi connectivity index (χ3v) is 6.39. The Kier molecular flexibility index (Phi) is 5.32. The second kappa shape index (κ2) is 7.03. The summed E-state index contributed by atoms with van der Waals surface area (Å²) in [5, 5.41) is 0. The fourth-order valence-electron chi connectivity index (χ4n) is 1.95. The molecule has 2 rings (SSSR count). The summed E-state index contributed by atoms with van der Waals surface area (Å²) < 4.78 is 30.9. The summed E-state index contributed by atoms with van der Waals surface area (Å²) in [5.41, 5.74) is 1.82. The van der Waals surface area contributed by atoms with E-state index in [1.54, 1.807) is 49.8 Å². The fourth-order valence-corrected chi connectivity index (χ4v) is 4.39. The summed E-state index contributed by atoms with van der Waals surface area (Å²) in [7, 11) is -1.92. The Hall–Kier alpha value is -1.72. The zero-order valence-corrected chi connectivity index (χ0v) is 14.4. The minimum Gasteiger partial charge on any atom is -0.497 e. The summed E-state index contributed by atoms with van der Waals surface area (Å²) in [6, 6.07) is 14.2. The number of thioether (sulfide) groups is 1. The van der Waals surface area contributed by atoms with Crippen LogP contribution >= 0.6 is 11.8 Å². The van der Waals surface area contributed by atoms with Gasteiger partial charge in [0, 0.05) is 0 Å². The number of rotatable bonds is 5. The molecule has 22 heavy (non-hydrogen) atoms. The Morgan fingerprint density at radius 2 is 1.82 bits per heavy atom. The van der Waals surface area contributed by atoms with Crippen molar-refractivity contribution in [2.24, 2.45) is 0 Å². The van der Waals surface area contributed by atoms with Crippen LogP contribution in [-0.2, 0) is 9.84 Å². The molecule has 116 valence electrons. The van der Waals surface area contributed by atoms with Crippen LogP contribution in [0.25, 0.3) is 6.08 Å². The van der Waals surface area contributed by atoms with Crippen molar-refractivity contribution in [1.29, 1.82) is 0 Å². The number of methoxy groups -OCH3 is 1. The van der Waals surface area contributed by atoms with Crippen molar-refractivity contribution in [3.05, 3.63) is 63.9 Å². The lowest BCUT2D eigenvalue weighted by atomic mass is 10.2.